The van der Waals surface area contributed by atoms with Crippen LogP contribution in [0.2, 0.25) is 0 Å². The summed E-state index contributed by atoms with van der Waals surface area (Å²) >= 11 is 0. The highest BCUT2D eigenvalue weighted by Crippen LogP contribution is 2.08. The summed E-state index contributed by atoms with van der Waals surface area (Å²) in [6.45, 7) is 3.87. The van der Waals surface area contributed by atoms with Crippen LogP contribution in [0.15, 0.2) is 28.9 Å². The molecule has 0 aliphatic carbocycles. The molecule has 98 valence electrons. The van der Waals surface area contributed by atoms with Crippen LogP contribution in [0.5, 0.6) is 0 Å². The van der Waals surface area contributed by atoms with Crippen molar-refractivity contribution in [3.05, 3.63) is 23.9 Å². The third-order valence-electron chi connectivity index (χ3n) is 1.92. The summed E-state index contributed by atoms with van der Waals surface area (Å²) in [5, 5.41) is 15.6. The Morgan fingerprint density at radius 3 is 2.17 bits per heavy atom. The van der Waals surface area contributed by atoms with E-state index in [-0.39, 0.29) is 5.78 Å². The maximum absolute atomic E-state index is 11.0. The summed E-state index contributed by atoms with van der Waals surface area (Å²) in [6.07, 6.45) is 4.27. The van der Waals surface area contributed by atoms with Crippen LogP contribution in [0.1, 0.15) is 26.7 Å². The fourth-order valence-corrected chi connectivity index (χ4v) is 1.10. The number of hydrogen-bond donors (Lipinski definition) is 2. The SMILES string of the molecule is CCC1=NC(C)=CCC1=O.O=C(O)/C=C/C(=O)O. The molecule has 2 N–H and O–H groups in total. The van der Waals surface area contributed by atoms with Gasteiger partial charge in [0.25, 0.3) is 0 Å². The lowest BCUT2D eigenvalue weighted by molar-refractivity contribution is -0.134. The number of aliphatic imine (C=N–C) groups is 1. The Morgan fingerprint density at radius 1 is 1.33 bits per heavy atom. The van der Waals surface area contributed by atoms with Crippen molar-refractivity contribution in [1.82, 2.24) is 0 Å². The third kappa shape index (κ3) is 7.10. The van der Waals surface area contributed by atoms with Crippen LogP contribution in [0.25, 0.3) is 0 Å². The zero-order valence-electron chi connectivity index (χ0n) is 10.2. The molecule has 6 heteroatoms. The van der Waals surface area contributed by atoms with Crippen molar-refractivity contribution in [1.29, 1.82) is 0 Å². The predicted octanol–water partition coefficient (Wildman–Crippen LogP) is 1.43. The lowest BCUT2D eigenvalue weighted by Gasteiger charge is -2.06. The molecule has 1 rings (SSSR count). The molecular formula is C12H15NO5. The largest absolute Gasteiger partial charge is 0.478 e. The third-order valence-corrected chi connectivity index (χ3v) is 1.92. The van der Waals surface area contributed by atoms with Gasteiger partial charge in [-0.2, -0.15) is 0 Å². The van der Waals surface area contributed by atoms with E-state index in [0.717, 1.165) is 17.8 Å². The number of carboxylic acids is 2. The molecule has 0 aromatic heterocycles. The fourth-order valence-electron chi connectivity index (χ4n) is 1.10. The van der Waals surface area contributed by atoms with Gasteiger partial charge < -0.3 is 10.2 Å². The van der Waals surface area contributed by atoms with Gasteiger partial charge in [-0.3, -0.25) is 9.79 Å². The van der Waals surface area contributed by atoms with Crippen LogP contribution in [0.4, 0.5) is 0 Å². The number of rotatable bonds is 3. The van der Waals surface area contributed by atoms with E-state index in [9.17, 15) is 14.4 Å². The first-order chi connectivity index (χ1) is 8.36. The average Bonchev–Trinajstić information content (AvgIpc) is 2.30. The molecule has 0 unspecified atom stereocenters. The number of Topliss-reactive ketones (excluding diaryl/α,β-unsaturated/α-hetero) is 1. The van der Waals surface area contributed by atoms with E-state index >= 15 is 0 Å². The predicted molar refractivity (Wildman–Crippen MR) is 65.5 cm³/mol. The Labute approximate surface area is 104 Å². The monoisotopic (exact) mass is 253 g/mol. The van der Waals surface area contributed by atoms with Crippen molar-refractivity contribution in [2.24, 2.45) is 4.99 Å². The van der Waals surface area contributed by atoms with E-state index in [1.807, 2.05) is 19.9 Å². The molecule has 0 fully saturated rings. The fraction of sp³-hybridized carbons (Fsp3) is 0.333. The van der Waals surface area contributed by atoms with E-state index in [4.69, 9.17) is 10.2 Å². The van der Waals surface area contributed by atoms with Gasteiger partial charge in [0.2, 0.25) is 0 Å². The number of nitrogens with zero attached hydrogens (tertiary/aromatic N) is 1. The van der Waals surface area contributed by atoms with Gasteiger partial charge in [0.15, 0.2) is 5.78 Å². The van der Waals surface area contributed by atoms with Crippen LogP contribution in [-0.4, -0.2) is 33.6 Å². The molecule has 0 amide bonds. The Balaban J connectivity index is 0.000000331. The number of carbonyl (C=O) groups is 3. The van der Waals surface area contributed by atoms with Crippen LogP contribution in [-0.2, 0) is 14.4 Å². The highest BCUT2D eigenvalue weighted by Gasteiger charge is 2.11. The topological polar surface area (TPSA) is 104 Å². The van der Waals surface area contributed by atoms with E-state index in [2.05, 4.69) is 4.99 Å². The van der Waals surface area contributed by atoms with Gasteiger partial charge in [0, 0.05) is 24.3 Å². The van der Waals surface area contributed by atoms with Crippen molar-refractivity contribution in [2.75, 3.05) is 0 Å². The summed E-state index contributed by atoms with van der Waals surface area (Å²) in [5.41, 5.74) is 1.69. The van der Waals surface area contributed by atoms with Crippen LogP contribution >= 0.6 is 0 Å². The highest BCUT2D eigenvalue weighted by atomic mass is 16.4. The van der Waals surface area contributed by atoms with Gasteiger partial charge in [0.05, 0.1) is 5.71 Å². The van der Waals surface area contributed by atoms with E-state index in [1.165, 1.54) is 0 Å². The molecule has 0 spiro atoms. The quantitative estimate of drug-likeness (QED) is 0.740. The Kier molecular flexibility index (Phi) is 6.95. The Hall–Kier alpha value is -2.24. The second kappa shape index (κ2) is 7.94. The lowest BCUT2D eigenvalue weighted by Crippen LogP contribution is -2.14. The van der Waals surface area contributed by atoms with Gasteiger partial charge in [-0.1, -0.05) is 13.0 Å². The molecule has 1 heterocycles. The summed E-state index contributed by atoms with van der Waals surface area (Å²) in [6, 6.07) is 0. The molecule has 0 radical (unpaired) electrons. The van der Waals surface area contributed by atoms with Crippen molar-refractivity contribution < 1.29 is 24.6 Å². The van der Waals surface area contributed by atoms with E-state index in [0.29, 0.717) is 18.6 Å². The van der Waals surface area contributed by atoms with Crippen LogP contribution < -0.4 is 0 Å². The molecule has 1 aliphatic heterocycles. The first-order valence-corrected chi connectivity index (χ1v) is 5.28. The van der Waals surface area contributed by atoms with Gasteiger partial charge >= 0.3 is 11.9 Å². The van der Waals surface area contributed by atoms with Gasteiger partial charge in [-0.15, -0.1) is 0 Å². The first-order valence-electron chi connectivity index (χ1n) is 5.28. The maximum Gasteiger partial charge on any atom is 0.328 e. The molecule has 1 aliphatic rings. The smallest absolute Gasteiger partial charge is 0.328 e. The van der Waals surface area contributed by atoms with Crippen LogP contribution in [0.3, 0.4) is 0 Å². The summed E-state index contributed by atoms with van der Waals surface area (Å²) in [7, 11) is 0. The van der Waals surface area contributed by atoms with Gasteiger partial charge in [-0.05, 0) is 13.3 Å². The van der Waals surface area contributed by atoms with Crippen molar-refractivity contribution in [2.45, 2.75) is 26.7 Å². The highest BCUT2D eigenvalue weighted by molar-refractivity contribution is 6.40. The Morgan fingerprint density at radius 2 is 1.83 bits per heavy atom. The zero-order valence-corrected chi connectivity index (χ0v) is 10.2. The molecule has 0 aromatic rings. The molecule has 18 heavy (non-hydrogen) atoms. The molecule has 0 bridgehead atoms. The maximum atomic E-state index is 11.0. The van der Waals surface area contributed by atoms with Crippen LogP contribution in [0, 0.1) is 0 Å². The minimum Gasteiger partial charge on any atom is -0.478 e. The number of hydrogen-bond acceptors (Lipinski definition) is 4. The zero-order chi connectivity index (χ0) is 14.1. The summed E-state index contributed by atoms with van der Waals surface area (Å²) in [4.78, 5) is 34.2. The summed E-state index contributed by atoms with van der Waals surface area (Å²) < 4.78 is 0. The van der Waals surface area contributed by atoms with Crippen molar-refractivity contribution in [3.63, 3.8) is 0 Å². The summed E-state index contributed by atoms with van der Waals surface area (Å²) in [5.74, 6) is -2.34. The molecule has 0 atom stereocenters. The second-order valence-electron chi connectivity index (χ2n) is 3.39. The van der Waals surface area contributed by atoms with Crippen molar-refractivity contribution in [3.8, 4) is 0 Å². The van der Waals surface area contributed by atoms with Gasteiger partial charge in [0.1, 0.15) is 0 Å². The standard InChI is InChI=1S/C8H11NO.C4H4O4/c1-3-7-8(10)5-4-6(2)9-7;5-3(6)1-2-4(7)8/h4H,3,5H2,1-2H3;1-2H,(H,5,6)(H,7,8)/b;2-1+. The number of carbonyl (C=O) groups excluding carboxylic acids is 1. The molecule has 6 nitrogen and oxygen atoms in total. The number of aliphatic carboxylic acids is 2. The Bertz CT molecular complexity index is 416. The van der Waals surface area contributed by atoms with E-state index < -0.39 is 11.9 Å². The molecular weight excluding hydrogens is 238 g/mol. The number of carboxylic acid groups (broad SMARTS) is 2. The van der Waals surface area contributed by atoms with Gasteiger partial charge in [-0.25, -0.2) is 9.59 Å². The van der Waals surface area contributed by atoms with E-state index in [1.54, 1.807) is 0 Å². The number of ketones is 1. The first kappa shape index (κ1) is 15.8. The minimum absolute atomic E-state index is 0.174. The molecule has 0 aromatic carbocycles. The second-order valence-corrected chi connectivity index (χ2v) is 3.39. The average molecular weight is 253 g/mol. The normalized spacial score (nSPS) is 14.4. The molecule has 0 saturated heterocycles. The minimum atomic E-state index is -1.26. The molecule has 0 saturated carbocycles. The number of allylic oxidation sites excluding steroid dienone is 2. The van der Waals surface area contributed by atoms with Crippen molar-refractivity contribution >= 4 is 23.4 Å². The lowest BCUT2D eigenvalue weighted by atomic mass is 10.1.